The van der Waals surface area contributed by atoms with Gasteiger partial charge in [0.25, 0.3) is 0 Å². The molecule has 0 aliphatic heterocycles. The predicted molar refractivity (Wildman–Crippen MR) is 106 cm³/mol. The molecule has 1 heterocycles. The van der Waals surface area contributed by atoms with E-state index in [1.165, 1.54) is 12.1 Å². The highest BCUT2D eigenvalue weighted by Gasteiger charge is 2.29. The van der Waals surface area contributed by atoms with Gasteiger partial charge in [0.2, 0.25) is 0 Å². The molecule has 0 bridgehead atoms. The predicted octanol–water partition coefficient (Wildman–Crippen LogP) is 4.12. The van der Waals surface area contributed by atoms with E-state index < -0.39 is 11.7 Å². The molecule has 2 aromatic rings. The van der Waals surface area contributed by atoms with E-state index in [-0.39, 0.29) is 6.10 Å². The highest BCUT2D eigenvalue weighted by atomic mass is 32.1. The van der Waals surface area contributed by atoms with Gasteiger partial charge in [0.05, 0.1) is 17.8 Å². The van der Waals surface area contributed by atoms with Crippen LogP contribution < -0.4 is 5.32 Å². The van der Waals surface area contributed by atoms with Crippen LogP contribution in [0.1, 0.15) is 34.9 Å². The molecule has 0 amide bonds. The molecule has 1 aromatic carbocycles. The fourth-order valence-corrected chi connectivity index (χ4v) is 3.41. The maximum absolute atomic E-state index is 12.6. The smallest absolute Gasteiger partial charge is 0.375 e. The number of aromatic nitrogens is 1. The number of methoxy groups -OCH3 is 1. The molecule has 0 aliphatic carbocycles. The Labute approximate surface area is 167 Å². The van der Waals surface area contributed by atoms with Crippen LogP contribution in [-0.4, -0.2) is 43.6 Å². The Hall–Kier alpha value is -2.13. The van der Waals surface area contributed by atoms with E-state index in [1.54, 1.807) is 25.5 Å². The number of benzene rings is 1. The number of rotatable bonds is 7. The molecule has 28 heavy (non-hydrogen) atoms. The Kier molecular flexibility index (Phi) is 7.82. The third-order valence-electron chi connectivity index (χ3n) is 4.22. The van der Waals surface area contributed by atoms with E-state index in [0.29, 0.717) is 25.5 Å². The van der Waals surface area contributed by atoms with Crippen molar-refractivity contribution in [1.29, 1.82) is 0 Å². The molecular weight excluding hydrogens is 389 g/mol. The second-order valence-electron chi connectivity index (χ2n) is 6.33. The largest absolute Gasteiger partial charge is 0.416 e. The monoisotopic (exact) mass is 414 g/mol. The Morgan fingerprint density at radius 2 is 2.00 bits per heavy atom. The number of hydrogen-bond acceptors (Lipinski definition) is 4. The number of nitrogens with zero attached hydrogens (tertiary/aromatic N) is 3. The van der Waals surface area contributed by atoms with Gasteiger partial charge in [0, 0.05) is 33.1 Å². The van der Waals surface area contributed by atoms with E-state index in [2.05, 4.69) is 15.3 Å². The summed E-state index contributed by atoms with van der Waals surface area (Å²) in [7, 11) is 5.25. The van der Waals surface area contributed by atoms with Gasteiger partial charge in [-0.1, -0.05) is 12.1 Å². The molecule has 0 fully saturated rings. The lowest BCUT2D eigenvalue weighted by molar-refractivity contribution is -0.137. The van der Waals surface area contributed by atoms with Crippen molar-refractivity contribution in [3.8, 4) is 0 Å². The maximum Gasteiger partial charge on any atom is 0.416 e. The van der Waals surface area contributed by atoms with Crippen molar-refractivity contribution in [2.75, 3.05) is 27.7 Å². The Bertz CT molecular complexity index is 774. The number of nitrogens with one attached hydrogen (secondary N) is 1. The third-order valence-corrected chi connectivity index (χ3v) is 5.28. The van der Waals surface area contributed by atoms with Crippen LogP contribution in [0.5, 0.6) is 0 Å². The third kappa shape index (κ3) is 6.20. The highest BCUT2D eigenvalue weighted by molar-refractivity contribution is 7.09. The maximum atomic E-state index is 12.6. The minimum atomic E-state index is -4.31. The Morgan fingerprint density at radius 1 is 1.32 bits per heavy atom. The average molecular weight is 414 g/mol. The van der Waals surface area contributed by atoms with Gasteiger partial charge in [0.1, 0.15) is 11.1 Å². The van der Waals surface area contributed by atoms with Crippen LogP contribution >= 0.6 is 11.3 Å². The lowest BCUT2D eigenvalue weighted by Gasteiger charge is -2.21. The molecule has 2 rings (SSSR count). The molecule has 1 N–H and O–H groups in total. The lowest BCUT2D eigenvalue weighted by Crippen LogP contribution is -2.39. The molecule has 0 saturated carbocycles. The first-order chi connectivity index (χ1) is 13.2. The van der Waals surface area contributed by atoms with E-state index in [4.69, 9.17) is 4.74 Å². The quantitative estimate of drug-likeness (QED) is 0.547. The van der Waals surface area contributed by atoms with Gasteiger partial charge in [-0.2, -0.15) is 13.2 Å². The minimum Gasteiger partial charge on any atom is -0.375 e. The van der Waals surface area contributed by atoms with Gasteiger partial charge in [-0.25, -0.2) is 4.98 Å². The number of guanidine groups is 1. The van der Waals surface area contributed by atoms with Crippen molar-refractivity contribution in [3.63, 3.8) is 0 Å². The van der Waals surface area contributed by atoms with Gasteiger partial charge in [-0.05, 0) is 31.0 Å². The normalized spacial score (nSPS) is 13.5. The number of hydrogen-bond donors (Lipinski definition) is 1. The standard InChI is InChI=1S/C19H25F3N4OS/c1-13(27-4)17-25-16(12-28-17)11-26(3)18(23-2)24-10-9-14-5-7-15(8-6-14)19(20,21)22/h5-8,12-13H,9-11H2,1-4H3,(H,23,24). The summed E-state index contributed by atoms with van der Waals surface area (Å²) in [6.07, 6.45) is -3.75. The molecule has 0 saturated heterocycles. The van der Waals surface area contributed by atoms with E-state index >= 15 is 0 Å². The van der Waals surface area contributed by atoms with Crippen molar-refractivity contribution in [2.45, 2.75) is 32.2 Å². The summed E-state index contributed by atoms with van der Waals surface area (Å²) in [5, 5.41) is 6.15. The van der Waals surface area contributed by atoms with Crippen LogP contribution in [0.15, 0.2) is 34.6 Å². The summed E-state index contributed by atoms with van der Waals surface area (Å²) < 4.78 is 43.1. The summed E-state index contributed by atoms with van der Waals surface area (Å²) in [4.78, 5) is 10.8. The van der Waals surface area contributed by atoms with Gasteiger partial charge in [-0.15, -0.1) is 11.3 Å². The number of halogens is 3. The van der Waals surface area contributed by atoms with Crippen molar-refractivity contribution in [3.05, 3.63) is 51.5 Å². The van der Waals surface area contributed by atoms with Crippen molar-refractivity contribution in [2.24, 2.45) is 4.99 Å². The summed E-state index contributed by atoms with van der Waals surface area (Å²) >= 11 is 1.56. The molecule has 0 radical (unpaired) electrons. The van der Waals surface area contributed by atoms with Crippen molar-refractivity contribution < 1.29 is 17.9 Å². The number of ether oxygens (including phenoxy) is 1. The molecule has 1 atom stereocenters. The molecule has 1 unspecified atom stereocenters. The molecule has 0 spiro atoms. The molecule has 9 heteroatoms. The van der Waals surface area contributed by atoms with Gasteiger partial charge >= 0.3 is 6.18 Å². The molecule has 0 aliphatic rings. The van der Waals surface area contributed by atoms with Crippen molar-refractivity contribution in [1.82, 2.24) is 15.2 Å². The first-order valence-corrected chi connectivity index (χ1v) is 9.67. The van der Waals surface area contributed by atoms with Gasteiger partial charge in [-0.3, -0.25) is 4.99 Å². The topological polar surface area (TPSA) is 49.8 Å². The van der Waals surface area contributed by atoms with Crippen LogP contribution in [0.4, 0.5) is 13.2 Å². The highest BCUT2D eigenvalue weighted by Crippen LogP contribution is 2.29. The van der Waals surface area contributed by atoms with E-state index in [0.717, 1.165) is 28.4 Å². The zero-order valence-corrected chi connectivity index (χ0v) is 17.2. The first kappa shape index (κ1) is 22.2. The lowest BCUT2D eigenvalue weighted by atomic mass is 10.1. The second-order valence-corrected chi connectivity index (χ2v) is 7.22. The molecule has 1 aromatic heterocycles. The van der Waals surface area contributed by atoms with E-state index in [9.17, 15) is 13.2 Å². The summed E-state index contributed by atoms with van der Waals surface area (Å²) in [5.41, 5.74) is 1.12. The van der Waals surface area contributed by atoms with Gasteiger partial charge in [0.15, 0.2) is 5.96 Å². The SMILES string of the molecule is CN=C(NCCc1ccc(C(F)(F)F)cc1)N(C)Cc1csc(C(C)OC)n1. The van der Waals surface area contributed by atoms with Crippen LogP contribution in [0.25, 0.3) is 0 Å². The summed E-state index contributed by atoms with van der Waals surface area (Å²) in [6.45, 7) is 3.10. The number of thiazole rings is 1. The number of aliphatic imine (C=N–C) groups is 1. The number of alkyl halides is 3. The summed E-state index contributed by atoms with van der Waals surface area (Å²) in [5.74, 6) is 0.696. The molecule has 154 valence electrons. The van der Waals surface area contributed by atoms with E-state index in [1.807, 2.05) is 24.3 Å². The van der Waals surface area contributed by atoms with Crippen LogP contribution in [0.2, 0.25) is 0 Å². The van der Waals surface area contributed by atoms with Crippen LogP contribution in [0.3, 0.4) is 0 Å². The zero-order valence-electron chi connectivity index (χ0n) is 16.4. The van der Waals surface area contributed by atoms with Gasteiger partial charge < -0.3 is 15.0 Å². The Balaban J connectivity index is 1.85. The van der Waals surface area contributed by atoms with Crippen LogP contribution in [-0.2, 0) is 23.9 Å². The molecular formula is C19H25F3N4OS. The summed E-state index contributed by atoms with van der Waals surface area (Å²) in [6, 6.07) is 5.23. The minimum absolute atomic E-state index is 0.0368. The first-order valence-electron chi connectivity index (χ1n) is 8.79. The fraction of sp³-hybridized carbons (Fsp3) is 0.474. The second kappa shape index (κ2) is 9.88. The van der Waals surface area contributed by atoms with Crippen LogP contribution in [0, 0.1) is 0 Å². The Morgan fingerprint density at radius 3 is 2.57 bits per heavy atom. The molecule has 5 nitrogen and oxygen atoms in total. The average Bonchev–Trinajstić information content (AvgIpc) is 3.12. The fourth-order valence-electron chi connectivity index (χ4n) is 2.56. The van der Waals surface area contributed by atoms with Crippen molar-refractivity contribution >= 4 is 17.3 Å². The zero-order chi connectivity index (χ0) is 20.7.